The quantitative estimate of drug-likeness (QED) is 0.797. The van der Waals surface area contributed by atoms with Crippen LogP contribution in [0.25, 0.3) is 0 Å². The van der Waals surface area contributed by atoms with E-state index in [2.05, 4.69) is 9.97 Å². The molecule has 0 saturated heterocycles. The Morgan fingerprint density at radius 3 is 1.57 bits per heavy atom. The van der Waals surface area contributed by atoms with Crippen molar-refractivity contribution in [1.82, 2.24) is 9.97 Å². The van der Waals surface area contributed by atoms with E-state index in [1.807, 2.05) is 6.92 Å². The highest BCUT2D eigenvalue weighted by Crippen LogP contribution is 2.11. The van der Waals surface area contributed by atoms with Crippen LogP contribution in [-0.4, -0.2) is 27.3 Å². The third-order valence-electron chi connectivity index (χ3n) is 2.88. The summed E-state index contributed by atoms with van der Waals surface area (Å²) in [5, 5.41) is 0. The zero-order chi connectivity index (χ0) is 17.7. The fraction of sp³-hybridized carbons (Fsp3) is 0.438. The molecule has 0 radical (unpaired) electrons. The van der Waals surface area contributed by atoms with E-state index in [1.54, 1.807) is 13.8 Å². The topological polar surface area (TPSA) is 103 Å². The van der Waals surface area contributed by atoms with Gasteiger partial charge in [-0.05, 0) is 13.8 Å². The molecule has 0 fully saturated rings. The van der Waals surface area contributed by atoms with Gasteiger partial charge in [0, 0.05) is 27.2 Å². The Labute approximate surface area is 134 Å². The van der Waals surface area contributed by atoms with Gasteiger partial charge < -0.3 is 8.83 Å². The lowest BCUT2D eigenvalue weighted by Crippen LogP contribution is -1.91. The molecule has 0 saturated carbocycles. The second kappa shape index (κ2) is 7.62. The maximum absolute atomic E-state index is 10.9. The molecule has 0 spiro atoms. The van der Waals surface area contributed by atoms with Crippen LogP contribution in [0, 0.1) is 13.8 Å². The SMILES string of the molecule is CC(=O)c1nc(C)c(C(C)=O)o1.CCc1nc(C)c(C(C)=O)o1. The highest BCUT2D eigenvalue weighted by molar-refractivity contribution is 5.95. The number of rotatable bonds is 4. The smallest absolute Gasteiger partial charge is 0.263 e. The average Bonchev–Trinajstić information content (AvgIpc) is 3.02. The highest BCUT2D eigenvalue weighted by atomic mass is 16.4. The van der Waals surface area contributed by atoms with E-state index in [0.717, 1.165) is 6.42 Å². The van der Waals surface area contributed by atoms with Crippen molar-refractivity contribution in [2.24, 2.45) is 0 Å². The lowest BCUT2D eigenvalue weighted by Gasteiger charge is -1.86. The van der Waals surface area contributed by atoms with Gasteiger partial charge >= 0.3 is 0 Å². The van der Waals surface area contributed by atoms with Crippen LogP contribution >= 0.6 is 0 Å². The number of ketones is 3. The van der Waals surface area contributed by atoms with Crippen molar-refractivity contribution in [3.8, 4) is 0 Å². The van der Waals surface area contributed by atoms with Gasteiger partial charge in [0.1, 0.15) is 0 Å². The van der Waals surface area contributed by atoms with Crippen molar-refractivity contribution in [2.45, 2.75) is 48.0 Å². The maximum atomic E-state index is 10.9. The number of hydrogen-bond acceptors (Lipinski definition) is 7. The molecule has 2 rings (SSSR count). The highest BCUT2D eigenvalue weighted by Gasteiger charge is 2.15. The summed E-state index contributed by atoms with van der Waals surface area (Å²) in [4.78, 5) is 40.3. The number of aryl methyl sites for hydroxylation is 3. The van der Waals surface area contributed by atoms with Crippen molar-refractivity contribution < 1.29 is 23.2 Å². The summed E-state index contributed by atoms with van der Waals surface area (Å²) >= 11 is 0. The van der Waals surface area contributed by atoms with Crippen LogP contribution in [-0.2, 0) is 6.42 Å². The summed E-state index contributed by atoms with van der Waals surface area (Å²) in [5.74, 6) is 0.639. The third kappa shape index (κ3) is 4.70. The molecule has 7 nitrogen and oxygen atoms in total. The molecule has 23 heavy (non-hydrogen) atoms. The second-order valence-electron chi connectivity index (χ2n) is 4.98. The number of nitrogens with zero attached hydrogens (tertiary/aromatic N) is 2. The van der Waals surface area contributed by atoms with E-state index in [4.69, 9.17) is 8.83 Å². The Hall–Kier alpha value is -2.57. The molecule has 0 aliphatic heterocycles. The minimum atomic E-state index is -0.273. The molecule has 2 aromatic rings. The molecule has 2 heterocycles. The minimum absolute atomic E-state index is 0.00213. The molecule has 0 bridgehead atoms. The fourth-order valence-corrected chi connectivity index (χ4v) is 1.80. The van der Waals surface area contributed by atoms with Gasteiger partial charge in [-0.25, -0.2) is 9.97 Å². The lowest BCUT2D eigenvalue weighted by molar-refractivity contribution is 0.0956. The molecule has 0 unspecified atom stereocenters. The molecule has 0 aromatic carbocycles. The van der Waals surface area contributed by atoms with Gasteiger partial charge in [-0.2, -0.15) is 0 Å². The molecule has 0 aliphatic carbocycles. The first-order valence-corrected chi connectivity index (χ1v) is 7.13. The summed E-state index contributed by atoms with van der Waals surface area (Å²) in [6, 6.07) is 0. The number of aromatic nitrogens is 2. The number of carbonyl (C=O) groups excluding carboxylic acids is 3. The van der Waals surface area contributed by atoms with Gasteiger partial charge in [0.25, 0.3) is 5.89 Å². The van der Waals surface area contributed by atoms with E-state index in [1.165, 1.54) is 20.8 Å². The largest absolute Gasteiger partial charge is 0.437 e. The van der Waals surface area contributed by atoms with Crippen LogP contribution in [0.15, 0.2) is 8.83 Å². The molecule has 124 valence electrons. The first-order chi connectivity index (χ1) is 10.7. The fourth-order valence-electron chi connectivity index (χ4n) is 1.80. The molecular formula is C16H20N2O5. The molecule has 2 aromatic heterocycles. The second-order valence-corrected chi connectivity index (χ2v) is 4.98. The normalized spacial score (nSPS) is 10.0. The van der Waals surface area contributed by atoms with E-state index < -0.39 is 0 Å². The first-order valence-electron chi connectivity index (χ1n) is 7.13. The molecule has 0 N–H and O–H groups in total. The van der Waals surface area contributed by atoms with Gasteiger partial charge in [0.05, 0.1) is 11.4 Å². The summed E-state index contributed by atoms with van der Waals surface area (Å²) < 4.78 is 10.1. The van der Waals surface area contributed by atoms with E-state index >= 15 is 0 Å². The minimum Gasteiger partial charge on any atom is -0.437 e. The van der Waals surface area contributed by atoms with Gasteiger partial charge in [-0.15, -0.1) is 0 Å². The summed E-state index contributed by atoms with van der Waals surface area (Å²) in [6.07, 6.45) is 0.730. The van der Waals surface area contributed by atoms with Crippen LogP contribution in [0.3, 0.4) is 0 Å². The Morgan fingerprint density at radius 1 is 0.826 bits per heavy atom. The van der Waals surface area contributed by atoms with Gasteiger partial charge in [0.15, 0.2) is 29.0 Å². The van der Waals surface area contributed by atoms with Crippen molar-refractivity contribution in [2.75, 3.05) is 0 Å². The maximum Gasteiger partial charge on any atom is 0.263 e. The summed E-state index contributed by atoms with van der Waals surface area (Å²) in [6.45, 7) is 9.54. The molecule has 7 heteroatoms. The molecular weight excluding hydrogens is 300 g/mol. The van der Waals surface area contributed by atoms with Crippen LogP contribution in [0.2, 0.25) is 0 Å². The van der Waals surface area contributed by atoms with Crippen LogP contribution in [0.5, 0.6) is 0 Å². The number of carbonyl (C=O) groups is 3. The standard InChI is InChI=1S/C8H9NO3.C8H11NO2/c1-4-7(5(2)10)12-8(9-4)6(3)11;1-4-7-9-5(2)8(11-7)6(3)10/h1-3H3;4H2,1-3H3. The van der Waals surface area contributed by atoms with Gasteiger partial charge in [-0.1, -0.05) is 6.92 Å². The average molecular weight is 320 g/mol. The van der Waals surface area contributed by atoms with E-state index in [-0.39, 0.29) is 29.0 Å². The van der Waals surface area contributed by atoms with Gasteiger partial charge in [0.2, 0.25) is 5.78 Å². The van der Waals surface area contributed by atoms with Crippen molar-refractivity contribution in [3.05, 3.63) is 34.7 Å². The van der Waals surface area contributed by atoms with Crippen LogP contribution < -0.4 is 0 Å². The van der Waals surface area contributed by atoms with Gasteiger partial charge in [-0.3, -0.25) is 14.4 Å². The van der Waals surface area contributed by atoms with Crippen LogP contribution in [0.4, 0.5) is 0 Å². The number of Topliss-reactive ketones (excluding diaryl/α,β-unsaturated/α-hetero) is 3. The Kier molecular flexibility index (Phi) is 6.12. The van der Waals surface area contributed by atoms with E-state index in [0.29, 0.717) is 23.0 Å². The predicted molar refractivity (Wildman–Crippen MR) is 81.9 cm³/mol. The number of oxazole rings is 2. The van der Waals surface area contributed by atoms with Crippen molar-refractivity contribution >= 4 is 17.3 Å². The summed E-state index contributed by atoms with van der Waals surface area (Å²) in [7, 11) is 0. The Bertz CT molecular complexity index is 740. The van der Waals surface area contributed by atoms with Crippen molar-refractivity contribution in [1.29, 1.82) is 0 Å². The Balaban J connectivity index is 0.000000231. The first kappa shape index (κ1) is 18.5. The van der Waals surface area contributed by atoms with E-state index in [9.17, 15) is 14.4 Å². The number of hydrogen-bond donors (Lipinski definition) is 0. The van der Waals surface area contributed by atoms with Crippen molar-refractivity contribution in [3.63, 3.8) is 0 Å². The third-order valence-corrected chi connectivity index (χ3v) is 2.88. The zero-order valence-electron chi connectivity index (χ0n) is 14.1. The zero-order valence-corrected chi connectivity index (χ0v) is 14.1. The molecule has 0 amide bonds. The molecule has 0 aliphatic rings. The van der Waals surface area contributed by atoms with Crippen LogP contribution in [0.1, 0.15) is 76.8 Å². The lowest BCUT2D eigenvalue weighted by atomic mass is 10.3. The predicted octanol–water partition coefficient (Wildman–Crippen LogP) is 3.14. The monoisotopic (exact) mass is 320 g/mol. The summed E-state index contributed by atoms with van der Waals surface area (Å²) in [5.41, 5.74) is 1.15. The molecule has 0 atom stereocenters. The Morgan fingerprint density at radius 2 is 1.30 bits per heavy atom.